The third-order valence-corrected chi connectivity index (χ3v) is 2.51. The monoisotopic (exact) mass is 220 g/mol. The lowest BCUT2D eigenvalue weighted by Crippen LogP contribution is -2.01. The fourth-order valence-electron chi connectivity index (χ4n) is 1.19. The number of rotatable bonds is 6. The largest absolute Gasteiger partial charge is 0.299 e. The Morgan fingerprint density at radius 3 is 2.31 bits per heavy atom. The summed E-state index contributed by atoms with van der Waals surface area (Å²) < 4.78 is 0. The summed E-state index contributed by atoms with van der Waals surface area (Å²) in [5.74, 6) is 0.244. The van der Waals surface area contributed by atoms with E-state index in [4.69, 9.17) is 0 Å². The van der Waals surface area contributed by atoms with Crippen LogP contribution < -0.4 is 0 Å². The second kappa shape index (κ2) is 8.09. The maximum Gasteiger partial charge on any atom is 0.136 e. The molecule has 0 aliphatic carbocycles. The molecule has 0 aromatic carbocycles. The topological polar surface area (TPSA) is 17.1 Å². The molecule has 0 aromatic rings. The van der Waals surface area contributed by atoms with Crippen molar-refractivity contribution < 1.29 is 4.79 Å². The molecule has 0 aromatic heterocycles. The molecule has 1 atom stereocenters. The van der Waals surface area contributed by atoms with Gasteiger partial charge >= 0.3 is 0 Å². The van der Waals surface area contributed by atoms with Crippen LogP contribution in [0, 0.1) is 5.92 Å². The van der Waals surface area contributed by atoms with Gasteiger partial charge in [-0.15, -0.1) is 0 Å². The molecule has 0 saturated heterocycles. The SMILES string of the molecule is CC(=O)C(C)C=CC=C(C)CCC=C(C)C. The zero-order valence-corrected chi connectivity index (χ0v) is 11.2. The van der Waals surface area contributed by atoms with E-state index in [0.717, 1.165) is 12.8 Å². The zero-order chi connectivity index (χ0) is 12.6. The Morgan fingerprint density at radius 1 is 1.19 bits per heavy atom. The molecule has 0 radical (unpaired) electrons. The number of ketones is 1. The van der Waals surface area contributed by atoms with Gasteiger partial charge in [-0.2, -0.15) is 0 Å². The highest BCUT2D eigenvalue weighted by molar-refractivity contribution is 5.79. The first-order valence-electron chi connectivity index (χ1n) is 5.91. The van der Waals surface area contributed by atoms with Gasteiger partial charge in [0.05, 0.1) is 0 Å². The minimum absolute atomic E-state index is 0.0295. The lowest BCUT2D eigenvalue weighted by Gasteiger charge is -1.99. The van der Waals surface area contributed by atoms with E-state index in [9.17, 15) is 4.79 Å². The van der Waals surface area contributed by atoms with Crippen LogP contribution in [0.2, 0.25) is 0 Å². The molecule has 0 N–H and O–H groups in total. The number of allylic oxidation sites excluding steroid dienone is 6. The summed E-state index contributed by atoms with van der Waals surface area (Å²) in [5.41, 5.74) is 2.72. The van der Waals surface area contributed by atoms with E-state index in [1.807, 2.05) is 19.1 Å². The van der Waals surface area contributed by atoms with Crippen LogP contribution >= 0.6 is 0 Å². The minimum Gasteiger partial charge on any atom is -0.299 e. The van der Waals surface area contributed by atoms with Crippen LogP contribution in [0.1, 0.15) is 47.5 Å². The van der Waals surface area contributed by atoms with Gasteiger partial charge in [0.2, 0.25) is 0 Å². The molecule has 0 saturated carbocycles. The first-order chi connectivity index (χ1) is 7.43. The third kappa shape index (κ3) is 8.22. The average molecular weight is 220 g/mol. The van der Waals surface area contributed by atoms with Crippen molar-refractivity contribution in [2.75, 3.05) is 0 Å². The van der Waals surface area contributed by atoms with Crippen molar-refractivity contribution in [3.63, 3.8) is 0 Å². The molecule has 0 aliphatic heterocycles. The van der Waals surface area contributed by atoms with Crippen molar-refractivity contribution >= 4 is 5.78 Å². The maximum absolute atomic E-state index is 11.0. The van der Waals surface area contributed by atoms with Crippen molar-refractivity contribution in [3.8, 4) is 0 Å². The highest BCUT2D eigenvalue weighted by Crippen LogP contribution is 2.07. The standard InChI is InChI=1S/C15H24O/c1-12(2)8-6-9-13(3)10-7-11-14(4)15(5)16/h7-8,10-11,14H,6,9H2,1-5H3. The molecule has 0 fully saturated rings. The third-order valence-electron chi connectivity index (χ3n) is 2.51. The van der Waals surface area contributed by atoms with Gasteiger partial charge in [0.15, 0.2) is 0 Å². The van der Waals surface area contributed by atoms with Crippen LogP contribution in [0.15, 0.2) is 35.5 Å². The van der Waals surface area contributed by atoms with Gasteiger partial charge in [0, 0.05) is 5.92 Å². The quantitative estimate of drug-likeness (QED) is 0.477. The Bertz CT molecular complexity index is 301. The van der Waals surface area contributed by atoms with Crippen molar-refractivity contribution in [1.82, 2.24) is 0 Å². The number of carbonyl (C=O) groups excluding carboxylic acids is 1. The predicted molar refractivity (Wildman–Crippen MR) is 71.4 cm³/mol. The first kappa shape index (κ1) is 14.9. The Kier molecular flexibility index (Phi) is 7.53. The van der Waals surface area contributed by atoms with Crippen molar-refractivity contribution in [1.29, 1.82) is 0 Å². The molecule has 16 heavy (non-hydrogen) atoms. The highest BCUT2D eigenvalue weighted by atomic mass is 16.1. The molecule has 1 unspecified atom stereocenters. The summed E-state index contributed by atoms with van der Waals surface area (Å²) in [5, 5.41) is 0. The number of Topliss-reactive ketones (excluding diaryl/α,β-unsaturated/α-hetero) is 1. The minimum atomic E-state index is 0.0295. The second-order valence-electron chi connectivity index (χ2n) is 4.62. The lowest BCUT2D eigenvalue weighted by molar-refractivity contribution is -0.118. The van der Waals surface area contributed by atoms with Crippen molar-refractivity contribution in [2.24, 2.45) is 5.92 Å². The van der Waals surface area contributed by atoms with Crippen LogP contribution in [0.25, 0.3) is 0 Å². The molecular formula is C15H24O. The fourth-order valence-corrected chi connectivity index (χ4v) is 1.19. The predicted octanol–water partition coefficient (Wildman–Crippen LogP) is 4.46. The van der Waals surface area contributed by atoms with Crippen LogP contribution in [-0.2, 0) is 4.79 Å². The first-order valence-corrected chi connectivity index (χ1v) is 5.91. The van der Waals surface area contributed by atoms with Crippen molar-refractivity contribution in [2.45, 2.75) is 47.5 Å². The van der Waals surface area contributed by atoms with E-state index in [2.05, 4.69) is 32.9 Å². The number of carbonyl (C=O) groups is 1. The molecular weight excluding hydrogens is 196 g/mol. The summed E-state index contributed by atoms with van der Waals surface area (Å²) in [4.78, 5) is 11.0. The maximum atomic E-state index is 11.0. The molecule has 90 valence electrons. The molecule has 1 nitrogen and oxygen atoms in total. The van der Waals surface area contributed by atoms with E-state index in [1.165, 1.54) is 11.1 Å². The molecule has 1 heteroatoms. The Hall–Kier alpha value is -1.11. The molecule has 0 aliphatic rings. The van der Waals surface area contributed by atoms with E-state index in [0.29, 0.717) is 0 Å². The van der Waals surface area contributed by atoms with Gasteiger partial charge < -0.3 is 0 Å². The van der Waals surface area contributed by atoms with E-state index < -0.39 is 0 Å². The van der Waals surface area contributed by atoms with Crippen LogP contribution in [0.4, 0.5) is 0 Å². The summed E-state index contributed by atoms with van der Waals surface area (Å²) in [6.45, 7) is 9.91. The smallest absolute Gasteiger partial charge is 0.136 e. The molecule has 0 rings (SSSR count). The van der Waals surface area contributed by atoms with Gasteiger partial charge in [-0.3, -0.25) is 4.79 Å². The second-order valence-corrected chi connectivity index (χ2v) is 4.62. The van der Waals surface area contributed by atoms with Crippen LogP contribution in [-0.4, -0.2) is 5.78 Å². The Balaban J connectivity index is 4.04. The van der Waals surface area contributed by atoms with Crippen molar-refractivity contribution in [3.05, 3.63) is 35.5 Å². The number of hydrogen-bond donors (Lipinski definition) is 0. The summed E-state index contributed by atoms with van der Waals surface area (Å²) in [6.07, 6.45) is 10.5. The van der Waals surface area contributed by atoms with Gasteiger partial charge in [-0.05, 0) is 40.5 Å². The van der Waals surface area contributed by atoms with Gasteiger partial charge in [-0.25, -0.2) is 0 Å². The van der Waals surface area contributed by atoms with Gasteiger partial charge in [0.1, 0.15) is 5.78 Å². The van der Waals surface area contributed by atoms with E-state index in [-0.39, 0.29) is 11.7 Å². The molecule has 0 bridgehead atoms. The highest BCUT2D eigenvalue weighted by Gasteiger charge is 2.00. The normalized spacial score (nSPS) is 13.9. The Morgan fingerprint density at radius 2 is 1.81 bits per heavy atom. The van der Waals surface area contributed by atoms with Crippen LogP contribution in [0.5, 0.6) is 0 Å². The van der Waals surface area contributed by atoms with Gasteiger partial charge in [0.25, 0.3) is 0 Å². The van der Waals surface area contributed by atoms with Gasteiger partial charge in [-0.1, -0.05) is 42.4 Å². The Labute approximate surface area is 99.9 Å². The van der Waals surface area contributed by atoms with Crippen LogP contribution in [0.3, 0.4) is 0 Å². The van der Waals surface area contributed by atoms with E-state index in [1.54, 1.807) is 6.92 Å². The fraction of sp³-hybridized carbons (Fsp3) is 0.533. The molecule has 0 heterocycles. The molecule has 0 amide bonds. The number of hydrogen-bond acceptors (Lipinski definition) is 1. The lowest BCUT2D eigenvalue weighted by atomic mass is 10.1. The summed E-state index contributed by atoms with van der Waals surface area (Å²) in [6, 6.07) is 0. The summed E-state index contributed by atoms with van der Waals surface area (Å²) >= 11 is 0. The zero-order valence-electron chi connectivity index (χ0n) is 11.2. The van der Waals surface area contributed by atoms with E-state index >= 15 is 0 Å². The summed E-state index contributed by atoms with van der Waals surface area (Å²) in [7, 11) is 0. The molecule has 0 spiro atoms. The average Bonchev–Trinajstić information content (AvgIpc) is 2.16.